The van der Waals surface area contributed by atoms with Crippen LogP contribution in [0.15, 0.2) is 67.1 Å². The lowest BCUT2D eigenvalue weighted by atomic mass is 9.80. The lowest BCUT2D eigenvalue weighted by molar-refractivity contribution is 0.192. The highest BCUT2D eigenvalue weighted by molar-refractivity contribution is 6.00. The van der Waals surface area contributed by atoms with Gasteiger partial charge in [-0.15, -0.1) is 0 Å². The summed E-state index contributed by atoms with van der Waals surface area (Å²) in [5.74, 6) is 1.69. The molecular weight excluding hydrogens is 490 g/mol. The van der Waals surface area contributed by atoms with Crippen molar-refractivity contribution in [3.63, 3.8) is 0 Å². The monoisotopic (exact) mass is 527 g/mol. The van der Waals surface area contributed by atoms with Crippen LogP contribution >= 0.6 is 0 Å². The van der Waals surface area contributed by atoms with Crippen LogP contribution in [0, 0.1) is 5.92 Å². The summed E-state index contributed by atoms with van der Waals surface area (Å²) in [6.07, 6.45) is 6.53. The predicted octanol–water partition coefficient (Wildman–Crippen LogP) is 4.46. The summed E-state index contributed by atoms with van der Waals surface area (Å²) in [4.78, 5) is 23.1. The summed E-state index contributed by atoms with van der Waals surface area (Å²) in [7, 11) is 4.06. The maximum Gasteiger partial charge on any atom is 0.314 e. The minimum Gasteiger partial charge on any atom is -0.489 e. The molecule has 4 aromatic rings. The molecule has 0 radical (unpaired) electrons. The number of amides is 2. The molecule has 1 aliphatic rings. The van der Waals surface area contributed by atoms with Crippen LogP contribution in [0.1, 0.15) is 30.9 Å². The van der Waals surface area contributed by atoms with E-state index in [2.05, 4.69) is 54.5 Å². The molecule has 39 heavy (non-hydrogen) atoms. The molecule has 9 nitrogen and oxygen atoms in total. The highest BCUT2D eigenvalue weighted by atomic mass is 16.5. The van der Waals surface area contributed by atoms with Gasteiger partial charge in [0.1, 0.15) is 30.1 Å². The highest BCUT2D eigenvalue weighted by Crippen LogP contribution is 2.42. The van der Waals surface area contributed by atoms with Crippen LogP contribution in [0.3, 0.4) is 0 Å². The molecule has 2 heterocycles. The molecule has 0 bridgehead atoms. The average molecular weight is 528 g/mol. The Kier molecular flexibility index (Phi) is 8.27. The summed E-state index contributed by atoms with van der Waals surface area (Å²) < 4.78 is 8.29. The smallest absolute Gasteiger partial charge is 0.314 e. The fourth-order valence-corrected chi connectivity index (χ4v) is 5.09. The lowest BCUT2D eigenvalue weighted by Crippen LogP contribution is -2.42. The second-order valence-electron chi connectivity index (χ2n) is 10.5. The molecule has 0 atom stereocenters. The van der Waals surface area contributed by atoms with Gasteiger partial charge < -0.3 is 30.6 Å². The number of carbonyl (C=O) groups excluding carboxylic acids is 1. The third-order valence-corrected chi connectivity index (χ3v) is 7.26. The molecule has 2 amide bonds. The van der Waals surface area contributed by atoms with Crippen molar-refractivity contribution < 1.29 is 9.53 Å². The maximum atomic E-state index is 12.1. The van der Waals surface area contributed by atoms with Gasteiger partial charge in [0.2, 0.25) is 0 Å². The van der Waals surface area contributed by atoms with Crippen molar-refractivity contribution in [1.82, 2.24) is 30.1 Å². The van der Waals surface area contributed by atoms with Gasteiger partial charge in [0, 0.05) is 30.9 Å². The van der Waals surface area contributed by atoms with E-state index in [0.29, 0.717) is 37.5 Å². The highest BCUT2D eigenvalue weighted by Gasteiger charge is 2.32. The second kappa shape index (κ2) is 12.2. The molecule has 0 unspecified atom stereocenters. The second-order valence-corrected chi connectivity index (χ2v) is 10.5. The number of aromatic nitrogens is 3. The number of urea groups is 1. The number of nitrogen functional groups attached to an aromatic ring is 1. The van der Waals surface area contributed by atoms with Crippen molar-refractivity contribution in [1.29, 1.82) is 0 Å². The van der Waals surface area contributed by atoms with Crippen molar-refractivity contribution in [2.75, 3.05) is 39.5 Å². The third-order valence-electron chi connectivity index (χ3n) is 7.26. The van der Waals surface area contributed by atoms with Crippen LogP contribution in [0.5, 0.6) is 5.75 Å². The van der Waals surface area contributed by atoms with Gasteiger partial charge in [-0.1, -0.05) is 42.5 Å². The number of hydrogen-bond donors (Lipinski definition) is 3. The Bertz CT molecular complexity index is 1400. The number of nitrogens with two attached hydrogens (primary N) is 1. The number of benzene rings is 2. The first-order chi connectivity index (χ1) is 19.0. The Hall–Kier alpha value is -4.11. The number of anilines is 1. The Morgan fingerprint density at radius 1 is 1.10 bits per heavy atom. The SMILES string of the molecule is CN(C)CCCNC(=O)NCC1CC(n2cc(-c3cccc(OCc4ccccc4)c3)c3c(N)ncnc32)C1. The van der Waals surface area contributed by atoms with Gasteiger partial charge in [-0.05, 0) is 69.1 Å². The standard InChI is InChI=1S/C30H37N7O2/c1-36(2)13-7-12-32-30(38)33-17-22-14-24(15-22)37-18-26(27-28(31)34-20-35-29(27)37)23-10-6-11-25(16-23)39-19-21-8-4-3-5-9-21/h3-6,8-11,16,18,20,22,24H,7,12-15,17,19H2,1-2H3,(H2,31,34,35)(H2,32,33,38). The lowest BCUT2D eigenvalue weighted by Gasteiger charge is -2.36. The molecule has 2 aromatic heterocycles. The zero-order valence-corrected chi connectivity index (χ0v) is 22.6. The Morgan fingerprint density at radius 3 is 2.72 bits per heavy atom. The van der Waals surface area contributed by atoms with Gasteiger partial charge in [0.15, 0.2) is 0 Å². The van der Waals surface area contributed by atoms with Crippen molar-refractivity contribution in [2.45, 2.75) is 31.9 Å². The van der Waals surface area contributed by atoms with Crippen molar-refractivity contribution in [2.24, 2.45) is 5.92 Å². The number of hydrogen-bond acceptors (Lipinski definition) is 6. The average Bonchev–Trinajstić information content (AvgIpc) is 3.30. The minimum absolute atomic E-state index is 0.0965. The maximum absolute atomic E-state index is 12.1. The van der Waals surface area contributed by atoms with E-state index in [-0.39, 0.29) is 6.03 Å². The summed E-state index contributed by atoms with van der Waals surface area (Å²) in [6, 6.07) is 18.4. The molecular formula is C30H37N7O2. The molecule has 9 heteroatoms. The molecule has 2 aromatic carbocycles. The minimum atomic E-state index is -0.0965. The number of ether oxygens (including phenoxy) is 1. The van der Waals surface area contributed by atoms with Crippen LogP contribution in [-0.4, -0.2) is 59.2 Å². The van der Waals surface area contributed by atoms with Gasteiger partial charge in [-0.2, -0.15) is 0 Å². The largest absolute Gasteiger partial charge is 0.489 e. The van der Waals surface area contributed by atoms with Gasteiger partial charge in [-0.25, -0.2) is 14.8 Å². The molecule has 0 aliphatic heterocycles. The molecule has 1 aliphatic carbocycles. The van der Waals surface area contributed by atoms with Crippen LogP contribution in [0.2, 0.25) is 0 Å². The van der Waals surface area contributed by atoms with Crippen LogP contribution in [0.25, 0.3) is 22.2 Å². The molecule has 4 N–H and O–H groups in total. The first-order valence-corrected chi connectivity index (χ1v) is 13.5. The van der Waals surface area contributed by atoms with E-state index in [4.69, 9.17) is 10.5 Å². The topological polar surface area (TPSA) is 110 Å². The summed E-state index contributed by atoms with van der Waals surface area (Å²) >= 11 is 0. The number of rotatable bonds is 11. The van der Waals surface area contributed by atoms with E-state index in [9.17, 15) is 4.79 Å². The molecule has 1 fully saturated rings. The molecule has 0 spiro atoms. The van der Waals surface area contributed by atoms with E-state index in [1.54, 1.807) is 0 Å². The number of fused-ring (bicyclic) bond motifs is 1. The fourth-order valence-electron chi connectivity index (χ4n) is 5.09. The zero-order valence-electron chi connectivity index (χ0n) is 22.6. The van der Waals surface area contributed by atoms with Crippen LogP contribution < -0.4 is 21.1 Å². The van der Waals surface area contributed by atoms with Crippen molar-refractivity contribution >= 4 is 22.9 Å². The Labute approximate surface area is 229 Å². The number of nitrogens with zero attached hydrogens (tertiary/aromatic N) is 4. The van der Waals surface area contributed by atoms with E-state index >= 15 is 0 Å². The van der Waals surface area contributed by atoms with Crippen LogP contribution in [0.4, 0.5) is 10.6 Å². The van der Waals surface area contributed by atoms with Gasteiger partial charge >= 0.3 is 6.03 Å². The Morgan fingerprint density at radius 2 is 1.92 bits per heavy atom. The van der Waals surface area contributed by atoms with Crippen LogP contribution in [-0.2, 0) is 6.61 Å². The van der Waals surface area contributed by atoms with E-state index < -0.39 is 0 Å². The normalized spacial score (nSPS) is 16.7. The Balaban J connectivity index is 1.24. The number of nitrogens with one attached hydrogen (secondary N) is 2. The van der Waals surface area contributed by atoms with E-state index in [0.717, 1.165) is 59.3 Å². The first-order valence-electron chi connectivity index (χ1n) is 13.5. The molecule has 204 valence electrons. The quantitative estimate of drug-likeness (QED) is 0.249. The summed E-state index contributed by atoms with van der Waals surface area (Å²) in [5.41, 5.74) is 10.3. The van der Waals surface area contributed by atoms with E-state index in [1.807, 2.05) is 50.5 Å². The molecule has 1 saturated carbocycles. The van der Waals surface area contributed by atoms with Gasteiger partial charge in [-0.3, -0.25) is 0 Å². The third kappa shape index (κ3) is 6.49. The van der Waals surface area contributed by atoms with Crippen molar-refractivity contribution in [3.8, 4) is 16.9 Å². The summed E-state index contributed by atoms with van der Waals surface area (Å²) in [5, 5.41) is 6.81. The molecule has 0 saturated heterocycles. The van der Waals surface area contributed by atoms with E-state index in [1.165, 1.54) is 6.33 Å². The van der Waals surface area contributed by atoms with Gasteiger partial charge in [0.05, 0.1) is 5.39 Å². The van der Waals surface area contributed by atoms with Gasteiger partial charge in [0.25, 0.3) is 0 Å². The predicted molar refractivity (Wildman–Crippen MR) is 154 cm³/mol. The number of carbonyl (C=O) groups is 1. The summed E-state index contributed by atoms with van der Waals surface area (Å²) in [6.45, 7) is 2.80. The zero-order chi connectivity index (χ0) is 27.2. The first kappa shape index (κ1) is 26.5. The van der Waals surface area contributed by atoms with Crippen molar-refractivity contribution in [3.05, 3.63) is 72.7 Å². The fraction of sp³-hybridized carbons (Fsp3) is 0.367. The molecule has 5 rings (SSSR count).